The molecule has 1 amide bonds. The fraction of sp³-hybridized carbons (Fsp3) is 0.321. The van der Waals surface area contributed by atoms with E-state index in [1.165, 1.54) is 5.56 Å². The van der Waals surface area contributed by atoms with Gasteiger partial charge < -0.3 is 43.3 Å². The molecule has 6 heteroatoms. The Morgan fingerprint density at radius 1 is 1.00 bits per heavy atom. The molecule has 0 unspecified atom stereocenters. The molecule has 5 nitrogen and oxygen atoms in total. The summed E-state index contributed by atoms with van der Waals surface area (Å²) in [6, 6.07) is 21.0. The molecule has 1 fully saturated rings. The Kier molecular flexibility index (Phi) is 7.60. The van der Waals surface area contributed by atoms with Crippen molar-refractivity contribution in [3.05, 3.63) is 77.4 Å². The summed E-state index contributed by atoms with van der Waals surface area (Å²) in [6.07, 6.45) is 4.17. The number of hydrogen-bond acceptors (Lipinski definition) is 3. The summed E-state index contributed by atoms with van der Waals surface area (Å²) in [4.78, 5) is 13.0. The maximum absolute atomic E-state index is 13.0. The van der Waals surface area contributed by atoms with Gasteiger partial charge in [-0.25, -0.2) is 0 Å². The highest BCUT2D eigenvalue weighted by Crippen LogP contribution is 2.33. The maximum atomic E-state index is 13.0. The summed E-state index contributed by atoms with van der Waals surface area (Å²) >= 11 is 0. The number of nitrogens with zero attached hydrogens (tertiary/aromatic N) is 1. The molecule has 2 aliphatic heterocycles. The van der Waals surface area contributed by atoms with E-state index >= 15 is 0 Å². The number of nitrogens with one attached hydrogen (secondary N) is 1. The number of amides is 1. The summed E-state index contributed by atoms with van der Waals surface area (Å²) in [7, 11) is 4.59. The molecule has 0 aliphatic carbocycles. The predicted octanol–water partition coefficient (Wildman–Crippen LogP) is 2.01. The summed E-state index contributed by atoms with van der Waals surface area (Å²) in [5, 5.41) is 5.26. The molecule has 0 spiro atoms. The van der Waals surface area contributed by atoms with Crippen LogP contribution in [0.3, 0.4) is 0 Å². The van der Waals surface area contributed by atoms with Crippen LogP contribution in [-0.2, 0) is 16.1 Å². The minimum atomic E-state index is -0.125. The van der Waals surface area contributed by atoms with Gasteiger partial charge in [-0.15, -0.1) is 0 Å². The lowest BCUT2D eigenvalue weighted by molar-refractivity contribution is -0.929. The van der Waals surface area contributed by atoms with Crippen LogP contribution in [0.4, 0.5) is 5.69 Å². The van der Waals surface area contributed by atoms with Gasteiger partial charge >= 0.3 is 0 Å². The second-order valence-corrected chi connectivity index (χ2v) is 9.59. The number of rotatable bonds is 5. The van der Waals surface area contributed by atoms with E-state index in [-0.39, 0.29) is 36.5 Å². The molecule has 1 N–H and O–H groups in total. The Morgan fingerprint density at radius 2 is 1.74 bits per heavy atom. The van der Waals surface area contributed by atoms with Gasteiger partial charge in [0.1, 0.15) is 18.9 Å². The monoisotopic (exact) mass is 570 g/mol. The highest BCUT2D eigenvalue weighted by atomic mass is 127. The van der Waals surface area contributed by atoms with E-state index in [9.17, 15) is 4.79 Å². The van der Waals surface area contributed by atoms with Crippen LogP contribution >= 0.6 is 0 Å². The first-order valence-corrected chi connectivity index (χ1v) is 11.7. The number of carbonyl (C=O) groups is 1. The van der Waals surface area contributed by atoms with Gasteiger partial charge in [0.2, 0.25) is 0 Å². The van der Waals surface area contributed by atoms with Crippen LogP contribution < -0.4 is 34.0 Å². The second-order valence-electron chi connectivity index (χ2n) is 9.59. The van der Waals surface area contributed by atoms with Crippen LogP contribution in [0.2, 0.25) is 0 Å². The van der Waals surface area contributed by atoms with Gasteiger partial charge in [-0.1, -0.05) is 42.5 Å². The van der Waals surface area contributed by atoms with Crippen molar-refractivity contribution in [1.82, 2.24) is 0 Å². The lowest BCUT2D eigenvalue weighted by Gasteiger charge is -2.40. The Hall–Kier alpha value is -2.42. The van der Waals surface area contributed by atoms with E-state index in [1.807, 2.05) is 36.4 Å². The van der Waals surface area contributed by atoms with Gasteiger partial charge in [0.15, 0.2) is 0 Å². The van der Waals surface area contributed by atoms with Gasteiger partial charge in [0, 0.05) is 29.7 Å². The Bertz CT molecular complexity index is 1200. The number of benzene rings is 3. The Labute approximate surface area is 218 Å². The lowest BCUT2D eigenvalue weighted by atomic mass is 9.99. The van der Waals surface area contributed by atoms with Crippen molar-refractivity contribution < 1.29 is 42.7 Å². The van der Waals surface area contributed by atoms with E-state index in [2.05, 4.69) is 49.7 Å². The van der Waals surface area contributed by atoms with Gasteiger partial charge in [-0.3, -0.25) is 4.79 Å². The number of carbonyl (C=O) groups excluding carboxylic acids is 1. The molecule has 2 heterocycles. The Balaban J connectivity index is 0.00000274. The summed E-state index contributed by atoms with van der Waals surface area (Å²) in [6.45, 7) is 2.95. The minimum Gasteiger partial charge on any atom is -1.00 e. The molecule has 3 aromatic carbocycles. The molecule has 0 atom stereocenters. The van der Waals surface area contributed by atoms with Gasteiger partial charge in [-0.05, 0) is 35.0 Å². The SMILES string of the molecule is C[N+](C)(Cc1ccc(NC(=O)C2=Cc3c(ccc4ccccc34)OC2)cc1)C1CCOCC1.[I-]. The van der Waals surface area contributed by atoms with Crippen molar-refractivity contribution in [2.75, 3.05) is 39.2 Å². The quantitative estimate of drug-likeness (QED) is 0.378. The number of anilines is 1. The molecule has 2 aliphatic rings. The third-order valence-electron chi connectivity index (χ3n) is 6.91. The first kappa shape index (κ1) is 24.7. The molecule has 3 aromatic rings. The molecule has 34 heavy (non-hydrogen) atoms. The fourth-order valence-corrected chi connectivity index (χ4v) is 4.94. The zero-order valence-electron chi connectivity index (χ0n) is 19.7. The topological polar surface area (TPSA) is 47.6 Å². The predicted molar refractivity (Wildman–Crippen MR) is 132 cm³/mol. The van der Waals surface area contributed by atoms with E-state index in [0.29, 0.717) is 11.6 Å². The standard InChI is InChI=1S/C28H30N2O3.HI/c1-30(2,24-13-15-32-16-14-24)18-20-7-10-23(11-8-20)29-28(31)22-17-26-25-6-4-3-5-21(25)9-12-27(26)33-19-22;/h3-12,17,24H,13-16,18-19H2,1-2H3;1H. The van der Waals surface area contributed by atoms with Crippen LogP contribution in [0.15, 0.2) is 66.2 Å². The highest BCUT2D eigenvalue weighted by molar-refractivity contribution is 6.09. The minimum absolute atomic E-state index is 0. The van der Waals surface area contributed by atoms with E-state index < -0.39 is 0 Å². The molecule has 5 rings (SSSR count). The van der Waals surface area contributed by atoms with Gasteiger partial charge in [-0.2, -0.15) is 0 Å². The van der Waals surface area contributed by atoms with Crippen molar-refractivity contribution >= 4 is 28.4 Å². The van der Waals surface area contributed by atoms with Crippen molar-refractivity contribution in [3.63, 3.8) is 0 Å². The third-order valence-corrected chi connectivity index (χ3v) is 6.91. The lowest BCUT2D eigenvalue weighted by Crippen LogP contribution is -3.00. The van der Waals surface area contributed by atoms with E-state index in [0.717, 1.165) is 64.9 Å². The summed E-state index contributed by atoms with van der Waals surface area (Å²) in [5.74, 6) is 0.694. The highest BCUT2D eigenvalue weighted by Gasteiger charge is 2.30. The van der Waals surface area contributed by atoms with Crippen LogP contribution in [0, 0.1) is 0 Å². The number of ether oxygens (including phenoxy) is 2. The number of halogens is 1. The normalized spacial score (nSPS) is 16.1. The first-order valence-electron chi connectivity index (χ1n) is 11.7. The smallest absolute Gasteiger partial charge is 0.255 e. The van der Waals surface area contributed by atoms with Crippen molar-refractivity contribution in [2.24, 2.45) is 0 Å². The number of hydrogen-bond donors (Lipinski definition) is 1. The van der Waals surface area contributed by atoms with Crippen molar-refractivity contribution in [1.29, 1.82) is 0 Å². The molecule has 0 aromatic heterocycles. The second kappa shape index (κ2) is 10.5. The molecule has 0 saturated carbocycles. The maximum Gasteiger partial charge on any atom is 0.255 e. The Morgan fingerprint density at radius 3 is 2.50 bits per heavy atom. The number of quaternary nitrogens is 1. The average molecular weight is 570 g/mol. The molecule has 0 bridgehead atoms. The van der Waals surface area contributed by atoms with E-state index in [1.54, 1.807) is 0 Å². The molecular weight excluding hydrogens is 539 g/mol. The number of fused-ring (bicyclic) bond motifs is 3. The molecule has 0 radical (unpaired) electrons. The first-order chi connectivity index (χ1) is 16.0. The summed E-state index contributed by atoms with van der Waals surface area (Å²) < 4.78 is 12.4. The average Bonchev–Trinajstić information content (AvgIpc) is 2.85. The van der Waals surface area contributed by atoms with Crippen LogP contribution in [0.1, 0.15) is 24.0 Å². The zero-order valence-corrected chi connectivity index (χ0v) is 21.9. The van der Waals surface area contributed by atoms with Gasteiger partial charge in [0.05, 0.1) is 38.9 Å². The summed E-state index contributed by atoms with van der Waals surface area (Å²) in [5.41, 5.74) is 3.66. The van der Waals surface area contributed by atoms with E-state index in [4.69, 9.17) is 9.47 Å². The largest absolute Gasteiger partial charge is 1.00 e. The molecule has 178 valence electrons. The van der Waals surface area contributed by atoms with Crippen molar-refractivity contribution in [3.8, 4) is 5.75 Å². The van der Waals surface area contributed by atoms with Crippen molar-refractivity contribution in [2.45, 2.75) is 25.4 Å². The van der Waals surface area contributed by atoms with Crippen LogP contribution in [-0.4, -0.2) is 50.3 Å². The van der Waals surface area contributed by atoms with Crippen LogP contribution in [0.25, 0.3) is 16.8 Å². The third kappa shape index (κ3) is 5.29. The zero-order chi connectivity index (χ0) is 22.8. The van der Waals surface area contributed by atoms with Gasteiger partial charge in [0.25, 0.3) is 5.91 Å². The molecular formula is C28H31IN2O3. The van der Waals surface area contributed by atoms with Crippen LogP contribution in [0.5, 0.6) is 5.75 Å². The fourth-order valence-electron chi connectivity index (χ4n) is 4.94. The molecule has 1 saturated heterocycles.